The van der Waals surface area contributed by atoms with Gasteiger partial charge in [0.1, 0.15) is 18.1 Å². The molecule has 2 amide bonds. The molecule has 37 heavy (non-hydrogen) atoms. The molecule has 0 saturated heterocycles. The number of benzene rings is 2. The molecule has 1 fully saturated rings. The number of aromatic nitrogens is 3. The molecule has 1 aliphatic carbocycles. The van der Waals surface area contributed by atoms with Crippen molar-refractivity contribution in [2.75, 3.05) is 4.90 Å². The third-order valence-corrected chi connectivity index (χ3v) is 7.70. The lowest BCUT2D eigenvalue weighted by Crippen LogP contribution is -2.48. The van der Waals surface area contributed by atoms with Gasteiger partial charge in [0.2, 0.25) is 11.8 Å². The van der Waals surface area contributed by atoms with Gasteiger partial charge in [-0.15, -0.1) is 16.4 Å². The number of anilines is 1. The van der Waals surface area contributed by atoms with Crippen LogP contribution in [0.15, 0.2) is 66.0 Å². The zero-order valence-corrected chi connectivity index (χ0v) is 21.5. The van der Waals surface area contributed by atoms with Gasteiger partial charge in [-0.1, -0.05) is 54.8 Å². The second-order valence-corrected chi connectivity index (χ2v) is 10.3. The molecule has 2 aromatic heterocycles. The molecule has 4 aromatic rings. The highest BCUT2D eigenvalue weighted by Crippen LogP contribution is 2.32. The predicted octanol–water partition coefficient (Wildman–Crippen LogP) is 4.92. The number of Topliss-reactive ketones (excluding diaryl/α,β-unsaturated/α-hetero) is 1. The van der Waals surface area contributed by atoms with Crippen LogP contribution in [0, 0.1) is 0 Å². The minimum absolute atomic E-state index is 0.0866. The van der Waals surface area contributed by atoms with Gasteiger partial charge in [-0.05, 0) is 55.5 Å². The maximum atomic E-state index is 14.0. The van der Waals surface area contributed by atoms with E-state index in [0.29, 0.717) is 16.8 Å². The van der Waals surface area contributed by atoms with Crippen molar-refractivity contribution >= 4 is 45.7 Å². The molecule has 5 rings (SSSR count). The second-order valence-electron chi connectivity index (χ2n) is 9.37. The summed E-state index contributed by atoms with van der Waals surface area (Å²) in [7, 11) is 0. The number of hydrogen-bond acceptors (Lipinski definition) is 6. The zero-order valence-electron chi connectivity index (χ0n) is 20.7. The molecule has 8 nitrogen and oxygen atoms in total. The van der Waals surface area contributed by atoms with Crippen molar-refractivity contribution in [1.29, 1.82) is 0 Å². The molecule has 2 heterocycles. The van der Waals surface area contributed by atoms with Gasteiger partial charge in [0.25, 0.3) is 0 Å². The molecule has 1 saturated carbocycles. The molecule has 0 radical (unpaired) electrons. The van der Waals surface area contributed by atoms with Crippen LogP contribution in [0.4, 0.5) is 5.69 Å². The quantitative estimate of drug-likeness (QED) is 0.336. The molecule has 1 N–H and O–H groups in total. The largest absolute Gasteiger partial charge is 0.351 e. The van der Waals surface area contributed by atoms with Gasteiger partial charge in [0, 0.05) is 22.2 Å². The van der Waals surface area contributed by atoms with Crippen molar-refractivity contribution in [3.8, 4) is 0 Å². The minimum Gasteiger partial charge on any atom is -0.351 e. The highest BCUT2D eigenvalue weighted by molar-refractivity contribution is 7.10. The van der Waals surface area contributed by atoms with Crippen LogP contribution < -0.4 is 10.2 Å². The Hall–Kier alpha value is -3.85. The Kier molecular flexibility index (Phi) is 7.41. The Morgan fingerprint density at radius 3 is 2.62 bits per heavy atom. The average molecular weight is 516 g/mol. The number of carbonyl (C=O) groups excluding carboxylic acids is 3. The van der Waals surface area contributed by atoms with Crippen LogP contribution in [0.1, 0.15) is 60.3 Å². The van der Waals surface area contributed by atoms with Crippen LogP contribution >= 0.6 is 11.3 Å². The van der Waals surface area contributed by atoms with E-state index in [1.165, 1.54) is 29.6 Å². The van der Waals surface area contributed by atoms with Crippen LogP contribution in [-0.2, 0) is 16.1 Å². The highest BCUT2D eigenvalue weighted by atomic mass is 32.1. The van der Waals surface area contributed by atoms with Crippen molar-refractivity contribution in [3.05, 3.63) is 76.5 Å². The molecule has 1 aliphatic rings. The first-order valence-corrected chi connectivity index (χ1v) is 13.4. The lowest BCUT2D eigenvalue weighted by atomic mass is 9.95. The first kappa shape index (κ1) is 24.8. The number of hydrogen-bond donors (Lipinski definition) is 1. The number of carbonyl (C=O) groups is 3. The number of rotatable bonds is 8. The smallest absolute Gasteiger partial charge is 0.249 e. The second kappa shape index (κ2) is 11.0. The summed E-state index contributed by atoms with van der Waals surface area (Å²) in [6.07, 6.45) is 5.20. The SMILES string of the molecule is CC(=O)c1cccc(N(C(=O)Cn2nnc3ccccc32)C(C(=O)NC2CCCCC2)c2cccs2)c1. The van der Waals surface area contributed by atoms with E-state index in [0.717, 1.165) is 36.1 Å². The maximum Gasteiger partial charge on any atom is 0.249 e. The summed E-state index contributed by atoms with van der Waals surface area (Å²) in [6.45, 7) is 1.38. The summed E-state index contributed by atoms with van der Waals surface area (Å²) in [4.78, 5) is 42.3. The molecule has 1 atom stereocenters. The van der Waals surface area contributed by atoms with E-state index in [4.69, 9.17) is 0 Å². The summed E-state index contributed by atoms with van der Waals surface area (Å²) >= 11 is 1.43. The summed E-state index contributed by atoms with van der Waals surface area (Å²) in [5, 5.41) is 13.5. The van der Waals surface area contributed by atoms with Crippen LogP contribution in [0.3, 0.4) is 0 Å². The van der Waals surface area contributed by atoms with E-state index in [1.807, 2.05) is 41.8 Å². The van der Waals surface area contributed by atoms with Crippen LogP contribution in [-0.4, -0.2) is 38.6 Å². The molecule has 1 unspecified atom stereocenters. The van der Waals surface area contributed by atoms with Crippen LogP contribution in [0.25, 0.3) is 11.0 Å². The Bertz CT molecular complexity index is 1410. The van der Waals surface area contributed by atoms with E-state index in [9.17, 15) is 14.4 Å². The monoisotopic (exact) mass is 515 g/mol. The van der Waals surface area contributed by atoms with Gasteiger partial charge in [0.05, 0.1) is 5.52 Å². The topological polar surface area (TPSA) is 97.2 Å². The van der Waals surface area contributed by atoms with E-state index in [1.54, 1.807) is 28.9 Å². The first-order chi connectivity index (χ1) is 18.0. The highest BCUT2D eigenvalue weighted by Gasteiger charge is 2.35. The fourth-order valence-corrected chi connectivity index (χ4v) is 5.71. The third-order valence-electron chi connectivity index (χ3n) is 6.78. The Balaban J connectivity index is 1.55. The van der Waals surface area contributed by atoms with E-state index in [-0.39, 0.29) is 30.2 Å². The molecule has 190 valence electrons. The van der Waals surface area contributed by atoms with E-state index < -0.39 is 6.04 Å². The normalized spacial score (nSPS) is 14.8. The zero-order chi connectivity index (χ0) is 25.8. The molecule has 0 bridgehead atoms. The Labute approximate surface area is 219 Å². The number of thiophene rings is 1. The predicted molar refractivity (Wildman–Crippen MR) is 144 cm³/mol. The van der Waals surface area contributed by atoms with E-state index >= 15 is 0 Å². The van der Waals surface area contributed by atoms with Gasteiger partial charge in [-0.25, -0.2) is 4.68 Å². The van der Waals surface area contributed by atoms with Crippen molar-refractivity contribution in [1.82, 2.24) is 20.3 Å². The van der Waals surface area contributed by atoms with Crippen LogP contribution in [0.2, 0.25) is 0 Å². The summed E-state index contributed by atoms with van der Waals surface area (Å²) in [6, 6.07) is 17.3. The van der Waals surface area contributed by atoms with Crippen molar-refractivity contribution in [3.63, 3.8) is 0 Å². The molecule has 0 spiro atoms. The minimum atomic E-state index is -0.883. The fourth-order valence-electron chi connectivity index (χ4n) is 4.90. The maximum absolute atomic E-state index is 14.0. The lowest BCUT2D eigenvalue weighted by Gasteiger charge is -2.33. The van der Waals surface area contributed by atoms with Crippen LogP contribution in [0.5, 0.6) is 0 Å². The third kappa shape index (κ3) is 5.46. The average Bonchev–Trinajstić information content (AvgIpc) is 3.58. The van der Waals surface area contributed by atoms with Gasteiger partial charge in [0.15, 0.2) is 5.78 Å². The summed E-state index contributed by atoms with van der Waals surface area (Å²) in [5.74, 6) is -0.663. The Morgan fingerprint density at radius 2 is 1.86 bits per heavy atom. The molecular formula is C28H29N5O3S. The molecule has 0 aliphatic heterocycles. The molecule has 2 aromatic carbocycles. The standard InChI is InChI=1S/C28H29N5O3S/c1-19(34)20-9-7-12-22(17-20)33(26(35)18-32-24-14-6-5-13-23(24)30-31-32)27(25-15-8-16-37-25)28(36)29-21-10-3-2-4-11-21/h5-9,12-17,21,27H,2-4,10-11,18H2,1H3,(H,29,36). The van der Waals surface area contributed by atoms with Crippen molar-refractivity contribution < 1.29 is 14.4 Å². The number of fused-ring (bicyclic) bond motifs is 1. The number of amides is 2. The van der Waals surface area contributed by atoms with Crippen molar-refractivity contribution in [2.45, 2.75) is 57.7 Å². The first-order valence-electron chi connectivity index (χ1n) is 12.6. The summed E-state index contributed by atoms with van der Waals surface area (Å²) < 4.78 is 1.55. The van der Waals surface area contributed by atoms with Gasteiger partial charge >= 0.3 is 0 Å². The molecular weight excluding hydrogens is 486 g/mol. The van der Waals surface area contributed by atoms with Gasteiger partial charge in [-0.2, -0.15) is 0 Å². The number of ketones is 1. The Morgan fingerprint density at radius 1 is 1.05 bits per heavy atom. The van der Waals surface area contributed by atoms with E-state index in [2.05, 4.69) is 15.6 Å². The number of para-hydroxylation sites is 1. The number of nitrogens with zero attached hydrogens (tertiary/aromatic N) is 4. The summed E-state index contributed by atoms with van der Waals surface area (Å²) in [5.41, 5.74) is 2.37. The lowest BCUT2D eigenvalue weighted by molar-refractivity contribution is -0.127. The van der Waals surface area contributed by atoms with Crippen molar-refractivity contribution in [2.24, 2.45) is 0 Å². The number of nitrogens with one attached hydrogen (secondary N) is 1. The fraction of sp³-hybridized carbons (Fsp3) is 0.321. The van der Waals surface area contributed by atoms with Gasteiger partial charge < -0.3 is 5.32 Å². The van der Waals surface area contributed by atoms with Gasteiger partial charge in [-0.3, -0.25) is 19.3 Å². The molecule has 9 heteroatoms.